The summed E-state index contributed by atoms with van der Waals surface area (Å²) < 4.78 is 34.6. The standard InChI is InChI=1S/C22H22F2N2O2S/c1-14-3-4-15(2)26(14)22-18(9-12-29-22)21(27)25-10-7-17(8-11-25)28-20-6-5-16(23)13-19(20)24/h3-6,9,12-13,17H,7-8,10-11H2,1-2H3. The number of hydrogen-bond acceptors (Lipinski definition) is 3. The molecule has 3 aromatic rings. The molecule has 1 saturated heterocycles. The summed E-state index contributed by atoms with van der Waals surface area (Å²) >= 11 is 1.55. The number of halogens is 2. The van der Waals surface area contributed by atoms with Gasteiger partial charge in [-0.1, -0.05) is 0 Å². The topological polar surface area (TPSA) is 34.5 Å². The smallest absolute Gasteiger partial charge is 0.256 e. The van der Waals surface area contributed by atoms with Gasteiger partial charge in [0.15, 0.2) is 11.6 Å². The monoisotopic (exact) mass is 416 g/mol. The van der Waals surface area contributed by atoms with Crippen molar-refractivity contribution < 1.29 is 18.3 Å². The highest BCUT2D eigenvalue weighted by molar-refractivity contribution is 7.13. The molecule has 4 rings (SSSR count). The van der Waals surface area contributed by atoms with Gasteiger partial charge in [0.25, 0.3) is 5.91 Å². The summed E-state index contributed by atoms with van der Waals surface area (Å²) in [6.45, 7) is 5.12. The fourth-order valence-corrected chi connectivity index (χ4v) is 4.73. The Kier molecular flexibility index (Phi) is 5.41. The average Bonchev–Trinajstić information content (AvgIpc) is 3.30. The molecule has 1 amide bonds. The van der Waals surface area contributed by atoms with Crippen LogP contribution in [0.5, 0.6) is 5.75 Å². The van der Waals surface area contributed by atoms with Gasteiger partial charge in [-0.2, -0.15) is 0 Å². The number of benzene rings is 1. The van der Waals surface area contributed by atoms with Crippen LogP contribution in [-0.2, 0) is 0 Å². The van der Waals surface area contributed by atoms with Gasteiger partial charge in [-0.05, 0) is 49.6 Å². The van der Waals surface area contributed by atoms with Crippen molar-refractivity contribution in [3.63, 3.8) is 0 Å². The lowest BCUT2D eigenvalue weighted by atomic mass is 10.1. The van der Waals surface area contributed by atoms with Crippen LogP contribution in [0.4, 0.5) is 8.78 Å². The van der Waals surface area contributed by atoms with Crippen LogP contribution in [-0.4, -0.2) is 34.6 Å². The quantitative estimate of drug-likeness (QED) is 0.592. The Morgan fingerprint density at radius 3 is 2.41 bits per heavy atom. The Bertz CT molecular complexity index is 1020. The molecule has 0 bridgehead atoms. The minimum atomic E-state index is -0.705. The van der Waals surface area contributed by atoms with Gasteiger partial charge in [-0.25, -0.2) is 8.78 Å². The predicted molar refractivity (Wildman–Crippen MR) is 109 cm³/mol. The maximum absolute atomic E-state index is 13.8. The molecule has 0 saturated carbocycles. The van der Waals surface area contributed by atoms with E-state index in [2.05, 4.69) is 4.57 Å². The van der Waals surface area contributed by atoms with Gasteiger partial charge >= 0.3 is 0 Å². The van der Waals surface area contributed by atoms with Crippen LogP contribution in [0.15, 0.2) is 41.8 Å². The summed E-state index contributed by atoms with van der Waals surface area (Å²) in [5.74, 6) is -1.28. The lowest BCUT2D eigenvalue weighted by Gasteiger charge is -2.32. The van der Waals surface area contributed by atoms with Crippen molar-refractivity contribution >= 4 is 17.2 Å². The van der Waals surface area contributed by atoms with Gasteiger partial charge in [0.2, 0.25) is 0 Å². The Morgan fingerprint density at radius 1 is 1.07 bits per heavy atom. The van der Waals surface area contributed by atoms with Crippen molar-refractivity contribution in [1.29, 1.82) is 0 Å². The number of amides is 1. The fourth-order valence-electron chi connectivity index (χ4n) is 3.72. The summed E-state index contributed by atoms with van der Waals surface area (Å²) in [6, 6.07) is 9.26. The third kappa shape index (κ3) is 3.92. The molecule has 4 nitrogen and oxygen atoms in total. The van der Waals surface area contributed by atoms with Crippen LogP contribution in [0.3, 0.4) is 0 Å². The number of ether oxygens (including phenoxy) is 1. The lowest BCUT2D eigenvalue weighted by Crippen LogP contribution is -2.42. The Balaban J connectivity index is 1.43. The van der Waals surface area contributed by atoms with Crippen LogP contribution < -0.4 is 4.74 Å². The molecule has 0 aliphatic carbocycles. The number of likely N-dealkylation sites (tertiary alicyclic amines) is 1. The lowest BCUT2D eigenvalue weighted by molar-refractivity contribution is 0.0588. The molecular weight excluding hydrogens is 394 g/mol. The second-order valence-electron chi connectivity index (χ2n) is 7.28. The molecule has 0 unspecified atom stereocenters. The number of aromatic nitrogens is 1. The van der Waals surface area contributed by atoms with E-state index in [9.17, 15) is 13.6 Å². The zero-order chi connectivity index (χ0) is 20.5. The fraction of sp³-hybridized carbons (Fsp3) is 0.318. The van der Waals surface area contributed by atoms with E-state index < -0.39 is 11.6 Å². The number of hydrogen-bond donors (Lipinski definition) is 0. The predicted octanol–water partition coefficient (Wildman–Crippen LogP) is 5.12. The maximum atomic E-state index is 13.8. The van der Waals surface area contributed by atoms with E-state index in [1.54, 1.807) is 11.3 Å². The van der Waals surface area contributed by atoms with Crippen LogP contribution in [0.2, 0.25) is 0 Å². The van der Waals surface area contributed by atoms with E-state index >= 15 is 0 Å². The van der Waals surface area contributed by atoms with Crippen LogP contribution in [0.1, 0.15) is 34.6 Å². The molecule has 2 aromatic heterocycles. The van der Waals surface area contributed by atoms with Gasteiger partial charge in [0.05, 0.1) is 5.56 Å². The summed E-state index contributed by atoms with van der Waals surface area (Å²) in [6.07, 6.45) is 1.00. The van der Waals surface area contributed by atoms with Crippen LogP contribution in [0, 0.1) is 25.5 Å². The van der Waals surface area contributed by atoms with E-state index in [1.165, 1.54) is 12.1 Å². The molecule has 0 radical (unpaired) electrons. The van der Waals surface area contributed by atoms with E-state index in [0.29, 0.717) is 31.5 Å². The molecule has 1 aliphatic rings. The van der Waals surface area contributed by atoms with Gasteiger partial charge in [0.1, 0.15) is 16.9 Å². The molecule has 0 N–H and O–H groups in total. The zero-order valence-corrected chi connectivity index (χ0v) is 17.1. The van der Waals surface area contributed by atoms with Crippen molar-refractivity contribution in [2.24, 2.45) is 0 Å². The molecule has 1 fully saturated rings. The highest BCUT2D eigenvalue weighted by Gasteiger charge is 2.27. The summed E-state index contributed by atoms with van der Waals surface area (Å²) in [5, 5.41) is 2.87. The molecular formula is C22H22F2N2O2S. The largest absolute Gasteiger partial charge is 0.487 e. The molecule has 0 spiro atoms. The summed E-state index contributed by atoms with van der Waals surface area (Å²) in [4.78, 5) is 15.0. The molecule has 7 heteroatoms. The van der Waals surface area contributed by atoms with Crippen molar-refractivity contribution in [2.75, 3.05) is 13.1 Å². The average molecular weight is 416 g/mol. The first-order chi connectivity index (χ1) is 13.9. The first-order valence-corrected chi connectivity index (χ1v) is 10.5. The zero-order valence-electron chi connectivity index (χ0n) is 16.3. The molecule has 1 aromatic carbocycles. The Hall–Kier alpha value is -2.67. The Morgan fingerprint density at radius 2 is 1.76 bits per heavy atom. The molecule has 3 heterocycles. The number of carbonyl (C=O) groups excluding carboxylic acids is 1. The van der Waals surface area contributed by atoms with Crippen molar-refractivity contribution in [1.82, 2.24) is 9.47 Å². The molecule has 29 heavy (non-hydrogen) atoms. The van der Waals surface area contributed by atoms with Gasteiger partial charge in [0, 0.05) is 43.4 Å². The number of carbonyl (C=O) groups is 1. The minimum Gasteiger partial charge on any atom is -0.487 e. The van der Waals surface area contributed by atoms with Gasteiger partial charge in [-0.15, -0.1) is 11.3 Å². The Labute approximate surface area is 172 Å². The first-order valence-electron chi connectivity index (χ1n) is 9.58. The molecule has 1 aliphatic heterocycles. The van der Waals surface area contributed by atoms with Crippen molar-refractivity contribution in [3.8, 4) is 10.8 Å². The number of nitrogens with zero attached hydrogens (tertiary/aromatic N) is 2. The SMILES string of the molecule is Cc1ccc(C)n1-c1sccc1C(=O)N1CCC(Oc2ccc(F)cc2F)CC1. The van der Waals surface area contributed by atoms with Crippen LogP contribution in [0.25, 0.3) is 5.00 Å². The van der Waals surface area contributed by atoms with Crippen LogP contribution >= 0.6 is 11.3 Å². The normalized spacial score (nSPS) is 15.0. The van der Waals surface area contributed by atoms with E-state index in [-0.39, 0.29) is 17.8 Å². The highest BCUT2D eigenvalue weighted by Crippen LogP contribution is 2.29. The summed E-state index contributed by atoms with van der Waals surface area (Å²) in [5.41, 5.74) is 2.88. The highest BCUT2D eigenvalue weighted by atomic mass is 32.1. The van der Waals surface area contributed by atoms with Gasteiger partial charge < -0.3 is 14.2 Å². The molecule has 152 valence electrons. The van der Waals surface area contributed by atoms with E-state index in [1.807, 2.05) is 42.3 Å². The first kappa shape index (κ1) is 19.6. The molecule has 0 atom stereocenters. The number of piperidine rings is 1. The number of aryl methyl sites for hydroxylation is 2. The number of thiophene rings is 1. The van der Waals surface area contributed by atoms with Crippen molar-refractivity contribution in [3.05, 3.63) is 70.4 Å². The maximum Gasteiger partial charge on any atom is 0.256 e. The second-order valence-corrected chi connectivity index (χ2v) is 8.17. The number of rotatable bonds is 4. The van der Waals surface area contributed by atoms with Crippen molar-refractivity contribution in [2.45, 2.75) is 32.8 Å². The van der Waals surface area contributed by atoms with E-state index in [4.69, 9.17) is 4.74 Å². The van der Waals surface area contributed by atoms with Gasteiger partial charge in [-0.3, -0.25) is 4.79 Å². The third-order valence-electron chi connectivity index (χ3n) is 5.27. The third-order valence-corrected chi connectivity index (χ3v) is 6.16. The minimum absolute atomic E-state index is 0.000151. The summed E-state index contributed by atoms with van der Waals surface area (Å²) in [7, 11) is 0. The second kappa shape index (κ2) is 7.99. The van der Waals surface area contributed by atoms with E-state index in [0.717, 1.165) is 22.5 Å².